The van der Waals surface area contributed by atoms with E-state index in [1.165, 1.54) is 5.69 Å². The van der Waals surface area contributed by atoms with Crippen LogP contribution in [0.3, 0.4) is 0 Å². The zero-order valence-electron chi connectivity index (χ0n) is 9.89. The fourth-order valence-electron chi connectivity index (χ4n) is 2.23. The van der Waals surface area contributed by atoms with Crippen molar-refractivity contribution in [1.29, 1.82) is 0 Å². The summed E-state index contributed by atoms with van der Waals surface area (Å²) in [5, 5.41) is 3.41. The maximum Gasteiger partial charge on any atom is 0.0572 e. The first-order chi connectivity index (χ1) is 7.29. The topological polar surface area (TPSA) is 28.2 Å². The van der Waals surface area contributed by atoms with Crippen LogP contribution in [0.4, 0.5) is 0 Å². The van der Waals surface area contributed by atoms with Crippen LogP contribution < -0.4 is 5.32 Å². The van der Waals surface area contributed by atoms with Crippen molar-refractivity contribution < 1.29 is 0 Å². The lowest BCUT2D eigenvalue weighted by atomic mass is 10.1. The molecule has 90 valence electrons. The van der Waals surface area contributed by atoms with E-state index in [9.17, 15) is 0 Å². The molecule has 1 aromatic heterocycles. The zero-order chi connectivity index (χ0) is 10.7. The highest BCUT2D eigenvalue weighted by Crippen LogP contribution is 2.20. The highest BCUT2D eigenvalue weighted by molar-refractivity contribution is 5.85. The summed E-state index contributed by atoms with van der Waals surface area (Å²) in [4.78, 5) is 6.94. The lowest BCUT2D eigenvalue weighted by molar-refractivity contribution is 0.123. The van der Waals surface area contributed by atoms with E-state index in [1.807, 2.05) is 12.3 Å². The minimum atomic E-state index is 0. The van der Waals surface area contributed by atoms with Crippen molar-refractivity contribution in [3.05, 3.63) is 30.1 Å². The second-order valence-corrected chi connectivity index (χ2v) is 4.22. The third-order valence-electron chi connectivity index (χ3n) is 3.17. The van der Waals surface area contributed by atoms with E-state index in [0.717, 1.165) is 19.6 Å². The summed E-state index contributed by atoms with van der Waals surface area (Å²) in [6, 6.07) is 7.15. The quantitative estimate of drug-likeness (QED) is 0.857. The van der Waals surface area contributed by atoms with Crippen LogP contribution in [0.5, 0.6) is 0 Å². The molecule has 0 bridgehead atoms. The third kappa shape index (κ3) is 2.94. The Hall–Kier alpha value is -0.640. The molecule has 2 heterocycles. The Morgan fingerprint density at radius 2 is 2.31 bits per heavy atom. The molecule has 1 N–H and O–H groups in total. The van der Waals surface area contributed by atoms with Gasteiger partial charge in [0.15, 0.2) is 0 Å². The van der Waals surface area contributed by atoms with E-state index in [4.69, 9.17) is 0 Å². The molecule has 0 radical (unpaired) electrons. The second kappa shape index (κ2) is 6.18. The Bertz CT molecular complexity index is 304. The van der Waals surface area contributed by atoms with Crippen LogP contribution in [0.25, 0.3) is 0 Å². The van der Waals surface area contributed by atoms with Crippen LogP contribution >= 0.6 is 12.4 Å². The van der Waals surface area contributed by atoms with E-state index in [-0.39, 0.29) is 12.4 Å². The molecule has 3 nitrogen and oxygen atoms in total. The first-order valence-corrected chi connectivity index (χ1v) is 5.66. The maximum absolute atomic E-state index is 4.43. The zero-order valence-corrected chi connectivity index (χ0v) is 10.7. The number of hydrogen-bond acceptors (Lipinski definition) is 3. The van der Waals surface area contributed by atoms with Gasteiger partial charge in [-0.3, -0.25) is 9.88 Å². The average Bonchev–Trinajstić information content (AvgIpc) is 2.30. The molecule has 1 aromatic rings. The van der Waals surface area contributed by atoms with Crippen molar-refractivity contribution >= 4 is 12.4 Å². The average molecular weight is 242 g/mol. The normalized spacial score (nSPS) is 23.5. The lowest BCUT2D eigenvalue weighted by Crippen LogP contribution is -2.50. The minimum absolute atomic E-state index is 0. The van der Waals surface area contributed by atoms with E-state index in [2.05, 4.69) is 41.2 Å². The summed E-state index contributed by atoms with van der Waals surface area (Å²) in [5.41, 5.74) is 1.17. The molecule has 1 aliphatic heterocycles. The van der Waals surface area contributed by atoms with Gasteiger partial charge in [0, 0.05) is 37.9 Å². The molecular weight excluding hydrogens is 222 g/mol. The summed E-state index contributed by atoms with van der Waals surface area (Å²) < 4.78 is 0. The summed E-state index contributed by atoms with van der Waals surface area (Å²) in [7, 11) is 0. The summed E-state index contributed by atoms with van der Waals surface area (Å²) in [6.07, 6.45) is 1.87. The summed E-state index contributed by atoms with van der Waals surface area (Å²) in [6.45, 7) is 7.79. The van der Waals surface area contributed by atoms with Gasteiger partial charge in [0.2, 0.25) is 0 Å². The molecule has 1 aliphatic rings. The number of nitrogens with one attached hydrogen (secondary N) is 1. The molecule has 0 spiro atoms. The summed E-state index contributed by atoms with van der Waals surface area (Å²) >= 11 is 0. The third-order valence-corrected chi connectivity index (χ3v) is 3.17. The highest BCUT2D eigenvalue weighted by atomic mass is 35.5. The monoisotopic (exact) mass is 241 g/mol. The fourth-order valence-corrected chi connectivity index (χ4v) is 2.23. The van der Waals surface area contributed by atoms with Gasteiger partial charge in [-0.25, -0.2) is 0 Å². The van der Waals surface area contributed by atoms with Gasteiger partial charge in [-0.1, -0.05) is 6.07 Å². The Balaban J connectivity index is 0.00000128. The standard InChI is InChI=1S/C12H19N3.ClH/c1-10-9-13-7-8-15(10)11(2)12-5-3-4-6-14-12;/h3-6,10-11,13H,7-9H2,1-2H3;1H/t10-,11?;/m0./s1. The van der Waals surface area contributed by atoms with Gasteiger partial charge in [-0.2, -0.15) is 0 Å². The Labute approximate surface area is 104 Å². The highest BCUT2D eigenvalue weighted by Gasteiger charge is 2.24. The van der Waals surface area contributed by atoms with E-state index in [1.54, 1.807) is 0 Å². The number of piperazine rings is 1. The first-order valence-electron chi connectivity index (χ1n) is 5.66. The lowest BCUT2D eigenvalue weighted by Gasteiger charge is -2.38. The molecule has 2 atom stereocenters. The molecule has 1 saturated heterocycles. The van der Waals surface area contributed by atoms with Crippen LogP contribution in [0, 0.1) is 0 Å². The molecule has 0 saturated carbocycles. The molecule has 1 fully saturated rings. The molecule has 16 heavy (non-hydrogen) atoms. The Morgan fingerprint density at radius 3 is 2.94 bits per heavy atom. The number of rotatable bonds is 2. The van der Waals surface area contributed by atoms with Gasteiger partial charge in [0.05, 0.1) is 5.69 Å². The Morgan fingerprint density at radius 1 is 1.50 bits per heavy atom. The van der Waals surface area contributed by atoms with E-state index < -0.39 is 0 Å². The van der Waals surface area contributed by atoms with Crippen molar-refractivity contribution in [3.8, 4) is 0 Å². The van der Waals surface area contributed by atoms with Crippen molar-refractivity contribution in [2.75, 3.05) is 19.6 Å². The van der Waals surface area contributed by atoms with Crippen molar-refractivity contribution in [3.63, 3.8) is 0 Å². The van der Waals surface area contributed by atoms with Gasteiger partial charge < -0.3 is 5.32 Å². The molecule has 0 amide bonds. The summed E-state index contributed by atoms with van der Waals surface area (Å²) in [5.74, 6) is 0. The van der Waals surface area contributed by atoms with E-state index >= 15 is 0 Å². The van der Waals surface area contributed by atoms with Crippen LogP contribution in [0.2, 0.25) is 0 Å². The molecule has 2 rings (SSSR count). The number of pyridine rings is 1. The van der Waals surface area contributed by atoms with Gasteiger partial charge in [-0.05, 0) is 26.0 Å². The fraction of sp³-hybridized carbons (Fsp3) is 0.583. The van der Waals surface area contributed by atoms with Crippen molar-refractivity contribution in [2.45, 2.75) is 25.9 Å². The van der Waals surface area contributed by atoms with Crippen molar-refractivity contribution in [1.82, 2.24) is 15.2 Å². The second-order valence-electron chi connectivity index (χ2n) is 4.22. The van der Waals surface area contributed by atoms with Gasteiger partial charge >= 0.3 is 0 Å². The molecule has 1 unspecified atom stereocenters. The van der Waals surface area contributed by atoms with Crippen LogP contribution in [-0.2, 0) is 0 Å². The molecular formula is C12H20ClN3. The first kappa shape index (κ1) is 13.4. The minimum Gasteiger partial charge on any atom is -0.314 e. The predicted octanol–water partition coefficient (Wildman–Crippen LogP) is 1.86. The van der Waals surface area contributed by atoms with Gasteiger partial charge in [0.25, 0.3) is 0 Å². The maximum atomic E-state index is 4.43. The van der Waals surface area contributed by atoms with Gasteiger partial charge in [0.1, 0.15) is 0 Å². The number of aromatic nitrogens is 1. The number of hydrogen-bond donors (Lipinski definition) is 1. The van der Waals surface area contributed by atoms with E-state index in [0.29, 0.717) is 12.1 Å². The van der Waals surface area contributed by atoms with Crippen LogP contribution in [0.1, 0.15) is 25.6 Å². The van der Waals surface area contributed by atoms with Gasteiger partial charge in [-0.15, -0.1) is 12.4 Å². The predicted molar refractivity (Wildman–Crippen MR) is 68.9 cm³/mol. The van der Waals surface area contributed by atoms with Crippen molar-refractivity contribution in [2.24, 2.45) is 0 Å². The molecule has 0 aliphatic carbocycles. The van der Waals surface area contributed by atoms with Crippen LogP contribution in [0.15, 0.2) is 24.4 Å². The smallest absolute Gasteiger partial charge is 0.0572 e. The number of halogens is 1. The largest absolute Gasteiger partial charge is 0.314 e. The van der Waals surface area contributed by atoms with Crippen LogP contribution in [-0.4, -0.2) is 35.6 Å². The Kier molecular flexibility index (Phi) is 5.19. The SMILES string of the molecule is CC(c1ccccn1)N1CCNC[C@@H]1C.Cl. The molecule has 0 aromatic carbocycles. The molecule has 4 heteroatoms. The number of nitrogens with zero attached hydrogens (tertiary/aromatic N) is 2.